The molecule has 1 aromatic carbocycles. The van der Waals surface area contributed by atoms with Crippen LogP contribution in [0.25, 0.3) is 0 Å². The number of hydrogen-bond acceptors (Lipinski definition) is 5. The second kappa shape index (κ2) is 9.73. The summed E-state index contributed by atoms with van der Waals surface area (Å²) in [6, 6.07) is 7.96. The zero-order valence-corrected chi connectivity index (χ0v) is 18.2. The quantitative estimate of drug-likeness (QED) is 0.595. The number of carbonyl (C=O) groups is 1. The number of nitrogens with one attached hydrogen (secondary N) is 1. The lowest BCUT2D eigenvalue weighted by Gasteiger charge is -2.24. The van der Waals surface area contributed by atoms with E-state index in [0.29, 0.717) is 24.8 Å². The second-order valence-corrected chi connectivity index (χ2v) is 8.90. The highest BCUT2D eigenvalue weighted by Crippen LogP contribution is 2.25. The molecule has 0 aliphatic rings. The molecule has 0 saturated carbocycles. The maximum Gasteiger partial charge on any atom is 0.339 e. The zero-order chi connectivity index (χ0) is 21.6. The maximum absolute atomic E-state index is 12.7. The number of benzene rings is 1. The molecule has 2 rings (SSSR count). The van der Waals surface area contributed by atoms with Gasteiger partial charge in [0.2, 0.25) is 0 Å². The molecule has 0 aliphatic heterocycles. The molecule has 0 fully saturated rings. The van der Waals surface area contributed by atoms with Crippen LogP contribution in [0.1, 0.15) is 62.4 Å². The fourth-order valence-corrected chi connectivity index (χ4v) is 4.07. The second-order valence-electron chi connectivity index (χ2n) is 7.22. The smallest absolute Gasteiger partial charge is 0.339 e. The third kappa shape index (κ3) is 5.69. The number of aromatic nitrogens is 1. The van der Waals surface area contributed by atoms with Crippen LogP contribution in [0.15, 0.2) is 41.4 Å². The lowest BCUT2D eigenvalue weighted by atomic mass is 10.0. The van der Waals surface area contributed by atoms with Crippen LogP contribution >= 0.6 is 0 Å². The Balaban J connectivity index is 2.35. The van der Waals surface area contributed by atoms with Gasteiger partial charge in [-0.25, -0.2) is 18.2 Å². The number of carboxylic acids is 1. The zero-order valence-electron chi connectivity index (χ0n) is 17.3. The van der Waals surface area contributed by atoms with Crippen molar-refractivity contribution in [1.29, 1.82) is 0 Å². The molecule has 29 heavy (non-hydrogen) atoms. The number of pyridine rings is 1. The minimum absolute atomic E-state index is 0.0257. The molecule has 158 valence electrons. The number of aromatic carboxylic acids is 1. The largest absolute Gasteiger partial charge is 0.478 e. The van der Waals surface area contributed by atoms with E-state index in [1.165, 1.54) is 12.3 Å². The topological polar surface area (TPSA) is 99.6 Å². The molecule has 2 aromatic rings. The van der Waals surface area contributed by atoms with Gasteiger partial charge in [0.25, 0.3) is 10.0 Å². The first-order valence-corrected chi connectivity index (χ1v) is 11.3. The summed E-state index contributed by atoms with van der Waals surface area (Å²) in [6.45, 7) is 9.43. The van der Waals surface area contributed by atoms with Crippen molar-refractivity contribution < 1.29 is 18.3 Å². The highest BCUT2D eigenvalue weighted by atomic mass is 32.2. The van der Waals surface area contributed by atoms with Gasteiger partial charge in [0, 0.05) is 13.1 Å². The molecule has 0 spiro atoms. The van der Waals surface area contributed by atoms with Gasteiger partial charge >= 0.3 is 5.97 Å². The van der Waals surface area contributed by atoms with Crippen LogP contribution in [0, 0.1) is 0 Å². The molecular formula is C21H29N3O4S. The summed E-state index contributed by atoms with van der Waals surface area (Å²) >= 11 is 0. The number of nitrogens with zero attached hydrogens (tertiary/aromatic N) is 2. The van der Waals surface area contributed by atoms with E-state index in [-0.39, 0.29) is 16.1 Å². The SMILES string of the molecule is CCCN(CCC)c1ncc(NS(=O)(=O)c2ccc(C(C)C)cc2)cc1C(=O)O. The van der Waals surface area contributed by atoms with Gasteiger partial charge in [0.15, 0.2) is 0 Å². The Morgan fingerprint density at radius 1 is 1.14 bits per heavy atom. The lowest BCUT2D eigenvalue weighted by molar-refractivity contribution is 0.0697. The minimum Gasteiger partial charge on any atom is -0.478 e. The van der Waals surface area contributed by atoms with Crippen LogP contribution in [0.4, 0.5) is 11.5 Å². The fraction of sp³-hybridized carbons (Fsp3) is 0.429. The van der Waals surface area contributed by atoms with Gasteiger partial charge in [0.05, 0.1) is 16.8 Å². The molecule has 0 radical (unpaired) electrons. The van der Waals surface area contributed by atoms with Crippen LogP contribution < -0.4 is 9.62 Å². The number of anilines is 2. The number of rotatable bonds is 10. The Bertz CT molecular complexity index is 935. The summed E-state index contributed by atoms with van der Waals surface area (Å²) in [5, 5.41) is 9.63. The van der Waals surface area contributed by atoms with Crippen LogP contribution in [-0.4, -0.2) is 37.6 Å². The van der Waals surface area contributed by atoms with Gasteiger partial charge in [-0.05, 0) is 42.5 Å². The van der Waals surface area contributed by atoms with Crippen LogP contribution in [-0.2, 0) is 10.0 Å². The average Bonchev–Trinajstić information content (AvgIpc) is 2.67. The van der Waals surface area contributed by atoms with Crippen molar-refractivity contribution in [3.05, 3.63) is 47.7 Å². The summed E-state index contributed by atoms with van der Waals surface area (Å²) < 4.78 is 27.8. The molecule has 1 aromatic heterocycles. The van der Waals surface area contributed by atoms with Crippen LogP contribution in [0.2, 0.25) is 0 Å². The first-order valence-electron chi connectivity index (χ1n) is 9.80. The predicted molar refractivity (Wildman–Crippen MR) is 115 cm³/mol. The maximum atomic E-state index is 12.7. The summed E-state index contributed by atoms with van der Waals surface area (Å²) in [5.41, 5.74) is 1.13. The van der Waals surface area contributed by atoms with Gasteiger partial charge in [0.1, 0.15) is 11.4 Å². The van der Waals surface area contributed by atoms with E-state index in [0.717, 1.165) is 18.4 Å². The first kappa shape index (κ1) is 22.7. The Morgan fingerprint density at radius 2 is 1.72 bits per heavy atom. The standard InChI is InChI=1S/C21H29N3O4S/c1-5-11-24(12-6-2)20-19(21(25)26)13-17(14-22-20)23-29(27,28)18-9-7-16(8-10-18)15(3)4/h7-10,13-15,23H,5-6,11-12H2,1-4H3,(H,25,26). The molecule has 0 bridgehead atoms. The van der Waals surface area contributed by atoms with Crippen molar-refractivity contribution in [2.75, 3.05) is 22.7 Å². The predicted octanol–water partition coefficient (Wildman–Crippen LogP) is 4.33. The van der Waals surface area contributed by atoms with E-state index in [4.69, 9.17) is 0 Å². The normalized spacial score (nSPS) is 11.5. The molecular weight excluding hydrogens is 390 g/mol. The molecule has 7 nitrogen and oxygen atoms in total. The van der Waals surface area contributed by atoms with Gasteiger partial charge in [-0.3, -0.25) is 4.72 Å². The summed E-state index contributed by atoms with van der Waals surface area (Å²) in [7, 11) is -3.85. The molecule has 0 amide bonds. The molecule has 8 heteroatoms. The summed E-state index contributed by atoms with van der Waals surface area (Å²) in [5.74, 6) is -0.499. The van der Waals surface area contributed by atoms with Gasteiger partial charge in [-0.1, -0.05) is 39.8 Å². The third-order valence-corrected chi connectivity index (χ3v) is 5.89. The molecule has 0 saturated heterocycles. The van der Waals surface area contributed by atoms with Gasteiger partial charge in [-0.2, -0.15) is 0 Å². The van der Waals surface area contributed by atoms with E-state index >= 15 is 0 Å². The molecule has 0 atom stereocenters. The Kier molecular flexibility index (Phi) is 7.61. The van der Waals surface area contributed by atoms with E-state index < -0.39 is 16.0 Å². The molecule has 0 unspecified atom stereocenters. The fourth-order valence-electron chi connectivity index (χ4n) is 3.03. The summed E-state index contributed by atoms with van der Waals surface area (Å²) in [6.07, 6.45) is 3.06. The van der Waals surface area contributed by atoms with Crippen molar-refractivity contribution in [3.63, 3.8) is 0 Å². The number of sulfonamides is 1. The summed E-state index contributed by atoms with van der Waals surface area (Å²) in [4.78, 5) is 18.1. The number of carboxylic acid groups (broad SMARTS) is 1. The van der Waals surface area contributed by atoms with Crippen molar-refractivity contribution in [1.82, 2.24) is 4.98 Å². The van der Waals surface area contributed by atoms with Crippen molar-refractivity contribution in [2.45, 2.75) is 51.3 Å². The first-order chi connectivity index (χ1) is 13.7. The van der Waals surface area contributed by atoms with Crippen molar-refractivity contribution in [2.24, 2.45) is 0 Å². The Hall–Kier alpha value is -2.61. The van der Waals surface area contributed by atoms with Crippen LogP contribution in [0.5, 0.6) is 0 Å². The van der Waals surface area contributed by atoms with Gasteiger partial charge < -0.3 is 10.0 Å². The van der Waals surface area contributed by atoms with Crippen molar-refractivity contribution >= 4 is 27.5 Å². The van der Waals surface area contributed by atoms with E-state index in [1.54, 1.807) is 24.3 Å². The van der Waals surface area contributed by atoms with Crippen molar-refractivity contribution in [3.8, 4) is 0 Å². The van der Waals surface area contributed by atoms with E-state index in [1.807, 2.05) is 32.6 Å². The molecule has 1 heterocycles. The molecule has 0 aliphatic carbocycles. The highest BCUT2D eigenvalue weighted by Gasteiger charge is 2.20. The lowest BCUT2D eigenvalue weighted by Crippen LogP contribution is -2.28. The van der Waals surface area contributed by atoms with Crippen LogP contribution in [0.3, 0.4) is 0 Å². The van der Waals surface area contributed by atoms with Gasteiger partial charge in [-0.15, -0.1) is 0 Å². The minimum atomic E-state index is -3.85. The monoisotopic (exact) mass is 419 g/mol. The van der Waals surface area contributed by atoms with E-state index in [9.17, 15) is 18.3 Å². The highest BCUT2D eigenvalue weighted by molar-refractivity contribution is 7.92. The van der Waals surface area contributed by atoms with E-state index in [2.05, 4.69) is 9.71 Å². The Morgan fingerprint density at radius 3 is 2.21 bits per heavy atom. The average molecular weight is 420 g/mol. The third-order valence-electron chi connectivity index (χ3n) is 4.49. The molecule has 2 N–H and O–H groups in total. The number of hydrogen-bond donors (Lipinski definition) is 2. The Labute approximate surface area is 172 Å².